The maximum absolute atomic E-state index is 14.7. The summed E-state index contributed by atoms with van der Waals surface area (Å²) in [6.45, 7) is 1.84. The van der Waals surface area contributed by atoms with E-state index in [-0.39, 0.29) is 24.5 Å². The number of aromatic amines is 1. The summed E-state index contributed by atoms with van der Waals surface area (Å²) < 4.78 is 35.0. The molecular weight excluding hydrogens is 410 g/mol. The van der Waals surface area contributed by atoms with E-state index in [2.05, 4.69) is 20.4 Å². The van der Waals surface area contributed by atoms with Crippen molar-refractivity contribution in [3.8, 4) is 5.88 Å². The van der Waals surface area contributed by atoms with Crippen LogP contribution < -0.4 is 16.0 Å². The summed E-state index contributed by atoms with van der Waals surface area (Å²) in [6, 6.07) is 5.61. The highest BCUT2D eigenvalue weighted by molar-refractivity contribution is 5.85. The molecule has 0 radical (unpaired) electrons. The second-order valence-corrected chi connectivity index (χ2v) is 8.30. The lowest BCUT2D eigenvalue weighted by atomic mass is 9.85. The third kappa shape index (κ3) is 4.27. The van der Waals surface area contributed by atoms with Gasteiger partial charge in [-0.05, 0) is 37.8 Å². The predicted molar refractivity (Wildman–Crippen MR) is 106 cm³/mol. The Labute approximate surface area is 177 Å². The number of carbonyl (C=O) groups is 1. The number of nitrogens with two attached hydrogens (primary N) is 1. The van der Waals surface area contributed by atoms with E-state index in [1.165, 1.54) is 6.07 Å². The third-order valence-electron chi connectivity index (χ3n) is 6.10. The van der Waals surface area contributed by atoms with Crippen LogP contribution in [0.3, 0.4) is 0 Å². The quantitative estimate of drug-likeness (QED) is 0.670. The Kier molecular flexibility index (Phi) is 5.46. The summed E-state index contributed by atoms with van der Waals surface area (Å²) >= 11 is 0. The smallest absolute Gasteiger partial charge is 0.264 e. The van der Waals surface area contributed by atoms with Gasteiger partial charge in [-0.25, -0.2) is 13.9 Å². The first-order valence-corrected chi connectivity index (χ1v) is 10.2. The van der Waals surface area contributed by atoms with Crippen LogP contribution in [0.2, 0.25) is 0 Å². The minimum atomic E-state index is -3.06. The Balaban J connectivity index is 1.59. The summed E-state index contributed by atoms with van der Waals surface area (Å²) in [5.41, 5.74) is 4.06. The van der Waals surface area contributed by atoms with Crippen molar-refractivity contribution in [2.45, 2.75) is 43.6 Å². The fraction of sp³-hybridized carbons (Fsp3) is 0.550. The molecule has 2 atom stereocenters. The molecule has 0 bridgehead atoms. The average molecular weight is 434 g/mol. The van der Waals surface area contributed by atoms with Gasteiger partial charge in [0, 0.05) is 31.6 Å². The van der Waals surface area contributed by atoms with E-state index >= 15 is 0 Å². The van der Waals surface area contributed by atoms with Crippen LogP contribution in [0.1, 0.15) is 43.5 Å². The van der Waals surface area contributed by atoms with Gasteiger partial charge < -0.3 is 10.5 Å². The van der Waals surface area contributed by atoms with Crippen molar-refractivity contribution in [2.24, 2.45) is 11.7 Å². The highest BCUT2D eigenvalue weighted by atomic mass is 19.3. The maximum Gasteiger partial charge on any atom is 0.264 e. The van der Waals surface area contributed by atoms with E-state index < -0.39 is 35.3 Å². The fourth-order valence-corrected chi connectivity index (χ4v) is 3.76. The fourth-order valence-electron chi connectivity index (χ4n) is 3.76. The molecule has 0 spiro atoms. The molecule has 1 amide bonds. The molecule has 1 aliphatic heterocycles. The Morgan fingerprint density at radius 3 is 2.68 bits per heavy atom. The molecule has 3 N–H and O–H groups in total. The second kappa shape index (κ2) is 7.95. The number of nitrogens with zero attached hydrogens (tertiary/aromatic N) is 4. The Bertz CT molecular complexity index is 990. The van der Waals surface area contributed by atoms with E-state index in [0.29, 0.717) is 18.4 Å². The Morgan fingerprint density at radius 1 is 1.32 bits per heavy atom. The number of likely N-dealkylation sites (tertiary alicyclic amines) is 1. The van der Waals surface area contributed by atoms with Gasteiger partial charge in [-0.2, -0.15) is 5.10 Å². The van der Waals surface area contributed by atoms with Crippen molar-refractivity contribution in [3.05, 3.63) is 46.0 Å². The van der Waals surface area contributed by atoms with Gasteiger partial charge in [0.05, 0.1) is 23.9 Å². The van der Waals surface area contributed by atoms with Gasteiger partial charge in [-0.1, -0.05) is 0 Å². The molecule has 2 aromatic rings. The molecule has 31 heavy (non-hydrogen) atoms. The number of amides is 1. The van der Waals surface area contributed by atoms with Crippen molar-refractivity contribution >= 4 is 5.91 Å². The number of carbonyl (C=O) groups excluding carboxylic acids is 1. The largest absolute Gasteiger partial charge is 0.476 e. The summed E-state index contributed by atoms with van der Waals surface area (Å²) in [4.78, 5) is 25.4. The lowest BCUT2D eigenvalue weighted by Gasteiger charge is -2.45. The van der Waals surface area contributed by atoms with E-state index in [4.69, 9.17) is 10.5 Å². The first kappa shape index (κ1) is 21.3. The Hall–Kier alpha value is -2.95. The molecule has 2 fully saturated rings. The lowest BCUT2D eigenvalue weighted by Crippen LogP contribution is -2.59. The number of hydrogen-bond acceptors (Lipinski definition) is 7. The normalized spacial score (nSPS) is 23.1. The van der Waals surface area contributed by atoms with Gasteiger partial charge in [-0.15, -0.1) is 10.2 Å². The van der Waals surface area contributed by atoms with E-state index in [9.17, 15) is 18.4 Å². The van der Waals surface area contributed by atoms with Crippen LogP contribution in [0, 0.1) is 5.92 Å². The second-order valence-electron chi connectivity index (χ2n) is 8.30. The number of ether oxygens (including phenoxy) is 1. The minimum Gasteiger partial charge on any atom is -0.476 e. The third-order valence-corrected chi connectivity index (χ3v) is 6.10. The average Bonchev–Trinajstić information content (AvgIpc) is 3.57. The number of halogens is 2. The molecule has 1 saturated heterocycles. The molecule has 3 heterocycles. The highest BCUT2D eigenvalue weighted by Gasteiger charge is 2.52. The van der Waals surface area contributed by atoms with Gasteiger partial charge in [0.15, 0.2) is 0 Å². The van der Waals surface area contributed by atoms with E-state index in [0.717, 1.165) is 18.9 Å². The zero-order valence-electron chi connectivity index (χ0n) is 17.1. The van der Waals surface area contributed by atoms with E-state index in [1.807, 2.05) is 0 Å². The molecule has 2 aliphatic rings. The zero-order valence-corrected chi connectivity index (χ0v) is 17.1. The first-order valence-electron chi connectivity index (χ1n) is 10.2. The van der Waals surface area contributed by atoms with Gasteiger partial charge in [0.2, 0.25) is 11.8 Å². The number of H-pyrrole nitrogens is 1. The standard InChI is InChI=1S/C20H24F2N6O3/c1-19(18(23)30,15-5-7-17(27-25-15)31-11-12-2-3-12)28-9-8-20(21,22)13(10-28)14-4-6-16(29)26-24-14/h4-7,12-13H,2-3,8-11H2,1H3,(H2,23,30)(H,26,29)/t13-,19?/m1/s1. The number of primary amides is 1. The predicted octanol–water partition coefficient (Wildman–Crippen LogP) is 1.17. The van der Waals surface area contributed by atoms with Gasteiger partial charge >= 0.3 is 0 Å². The Morgan fingerprint density at radius 2 is 2.10 bits per heavy atom. The number of aromatic nitrogens is 4. The highest BCUT2D eigenvalue weighted by Crippen LogP contribution is 2.43. The monoisotopic (exact) mass is 434 g/mol. The van der Waals surface area contributed by atoms with Crippen LogP contribution in [0.4, 0.5) is 8.78 Å². The number of nitrogens with one attached hydrogen (secondary N) is 1. The van der Waals surface area contributed by atoms with Crippen LogP contribution in [0.5, 0.6) is 5.88 Å². The molecule has 2 aromatic heterocycles. The molecule has 1 saturated carbocycles. The van der Waals surface area contributed by atoms with Crippen molar-refractivity contribution in [2.75, 3.05) is 19.7 Å². The van der Waals surface area contributed by atoms with Gasteiger partial charge in [0.1, 0.15) is 5.54 Å². The van der Waals surface area contributed by atoms with Crippen molar-refractivity contribution in [3.63, 3.8) is 0 Å². The summed E-state index contributed by atoms with van der Waals surface area (Å²) in [5, 5.41) is 14.1. The molecule has 4 rings (SSSR count). The van der Waals surface area contributed by atoms with Crippen LogP contribution in [-0.4, -0.2) is 56.8 Å². The lowest BCUT2D eigenvalue weighted by molar-refractivity contribution is -0.139. The summed E-state index contributed by atoms with van der Waals surface area (Å²) in [7, 11) is 0. The van der Waals surface area contributed by atoms with E-state index in [1.54, 1.807) is 24.0 Å². The molecule has 166 valence electrons. The minimum absolute atomic E-state index is 0.0380. The summed E-state index contributed by atoms with van der Waals surface area (Å²) in [6.07, 6.45) is 1.77. The van der Waals surface area contributed by atoms with Gasteiger partial charge in [-0.3, -0.25) is 14.5 Å². The molecule has 0 aromatic carbocycles. The molecule has 11 heteroatoms. The van der Waals surface area contributed by atoms with Crippen LogP contribution >= 0.6 is 0 Å². The maximum atomic E-state index is 14.7. The molecule has 1 aliphatic carbocycles. The zero-order chi connectivity index (χ0) is 22.2. The molecule has 9 nitrogen and oxygen atoms in total. The molecular formula is C20H24F2N6O3. The molecule has 1 unspecified atom stereocenters. The SMILES string of the molecule is CC(C(N)=O)(c1ccc(OCC2CC2)nn1)N1CCC(F)(F)[C@@H](c2ccc(=O)[nH]n2)C1. The number of alkyl halides is 2. The van der Waals surface area contributed by atoms with Crippen LogP contribution in [0.25, 0.3) is 0 Å². The van der Waals surface area contributed by atoms with Crippen LogP contribution in [-0.2, 0) is 10.3 Å². The topological polar surface area (TPSA) is 127 Å². The number of piperidine rings is 1. The van der Waals surface area contributed by atoms with Crippen molar-refractivity contribution in [1.82, 2.24) is 25.3 Å². The number of rotatable bonds is 7. The number of hydrogen-bond donors (Lipinski definition) is 2. The van der Waals surface area contributed by atoms with Crippen molar-refractivity contribution < 1.29 is 18.3 Å². The first-order chi connectivity index (χ1) is 14.7. The van der Waals surface area contributed by atoms with Crippen LogP contribution in [0.15, 0.2) is 29.1 Å². The summed E-state index contributed by atoms with van der Waals surface area (Å²) in [5.74, 6) is -4.24. The van der Waals surface area contributed by atoms with Gasteiger partial charge in [0.25, 0.3) is 11.5 Å². The van der Waals surface area contributed by atoms with Crippen molar-refractivity contribution in [1.29, 1.82) is 0 Å².